The molecule has 4 N–H and O–H groups in total. The Morgan fingerprint density at radius 1 is 1.21 bits per heavy atom. The average molecular weight is 209 g/mol. The molecule has 3 nitrogen and oxygen atoms in total. The normalized spacial score (nSPS) is 19.6. The molecule has 0 aromatic carbocycles. The van der Waals surface area contributed by atoms with E-state index in [0.717, 1.165) is 12.8 Å². The lowest BCUT2D eigenvalue weighted by atomic mass is 9.85. The van der Waals surface area contributed by atoms with Gasteiger partial charge in [-0.1, -0.05) is 31.5 Å². The maximum atomic E-state index is 8.84. The number of nitrogens with zero attached hydrogens (tertiary/aromatic N) is 1. The Morgan fingerprint density at radius 2 is 1.79 bits per heavy atom. The SMILES string of the molecule is N#CC(C(N)=S)=C(N)C1CCCCC1. The van der Waals surface area contributed by atoms with Crippen LogP contribution < -0.4 is 11.5 Å². The summed E-state index contributed by atoms with van der Waals surface area (Å²) in [7, 11) is 0. The van der Waals surface area contributed by atoms with E-state index in [4.69, 9.17) is 28.9 Å². The molecule has 0 radical (unpaired) electrons. The first-order chi connectivity index (χ1) is 6.66. The summed E-state index contributed by atoms with van der Waals surface area (Å²) >= 11 is 4.78. The third-order valence-electron chi connectivity index (χ3n) is 2.69. The minimum atomic E-state index is 0.121. The van der Waals surface area contributed by atoms with Crippen LogP contribution in [0.2, 0.25) is 0 Å². The van der Waals surface area contributed by atoms with Crippen molar-refractivity contribution in [3.63, 3.8) is 0 Å². The van der Waals surface area contributed by atoms with E-state index < -0.39 is 0 Å². The first-order valence-electron chi connectivity index (χ1n) is 4.86. The third kappa shape index (κ3) is 2.46. The highest BCUT2D eigenvalue weighted by Crippen LogP contribution is 2.28. The highest BCUT2D eigenvalue weighted by atomic mass is 32.1. The van der Waals surface area contributed by atoms with E-state index in [1.165, 1.54) is 19.3 Å². The molecular weight excluding hydrogens is 194 g/mol. The van der Waals surface area contributed by atoms with Crippen molar-refractivity contribution in [3.05, 3.63) is 11.3 Å². The Hall–Kier alpha value is -1.08. The molecule has 0 unspecified atom stereocenters. The highest BCUT2D eigenvalue weighted by molar-refractivity contribution is 7.80. The van der Waals surface area contributed by atoms with Gasteiger partial charge < -0.3 is 11.5 Å². The lowest BCUT2D eigenvalue weighted by Gasteiger charge is -2.22. The van der Waals surface area contributed by atoms with Crippen LogP contribution in [0.15, 0.2) is 11.3 Å². The topological polar surface area (TPSA) is 75.8 Å². The standard InChI is InChI=1S/C10H15N3S/c11-6-8(10(13)14)9(12)7-4-2-1-3-5-7/h7H,1-5,12H2,(H2,13,14). The maximum Gasteiger partial charge on any atom is 0.116 e. The zero-order chi connectivity index (χ0) is 10.6. The van der Waals surface area contributed by atoms with E-state index in [1.807, 2.05) is 6.07 Å². The van der Waals surface area contributed by atoms with Gasteiger partial charge in [-0.15, -0.1) is 0 Å². The van der Waals surface area contributed by atoms with E-state index in [1.54, 1.807) is 0 Å². The molecule has 0 spiro atoms. The highest BCUT2D eigenvalue weighted by Gasteiger charge is 2.19. The van der Waals surface area contributed by atoms with E-state index in [-0.39, 0.29) is 4.99 Å². The molecular formula is C10H15N3S. The van der Waals surface area contributed by atoms with E-state index in [0.29, 0.717) is 17.2 Å². The molecule has 0 atom stereocenters. The number of rotatable bonds is 2. The van der Waals surface area contributed by atoms with Crippen molar-refractivity contribution >= 4 is 17.2 Å². The van der Waals surface area contributed by atoms with Crippen LogP contribution in [0.5, 0.6) is 0 Å². The fraction of sp³-hybridized carbons (Fsp3) is 0.600. The summed E-state index contributed by atoms with van der Waals surface area (Å²) in [6.45, 7) is 0. The number of hydrogen-bond acceptors (Lipinski definition) is 3. The molecule has 0 heterocycles. The summed E-state index contributed by atoms with van der Waals surface area (Å²) in [5, 5.41) is 8.84. The van der Waals surface area contributed by atoms with E-state index in [9.17, 15) is 0 Å². The monoisotopic (exact) mass is 209 g/mol. The molecule has 0 aromatic rings. The second-order valence-corrected chi connectivity index (χ2v) is 4.08. The minimum Gasteiger partial charge on any atom is -0.401 e. The second-order valence-electron chi connectivity index (χ2n) is 3.64. The second kappa shape index (κ2) is 4.97. The van der Waals surface area contributed by atoms with Crippen LogP contribution in [-0.2, 0) is 0 Å². The van der Waals surface area contributed by atoms with Gasteiger partial charge in [0.1, 0.15) is 16.6 Å². The Morgan fingerprint density at radius 3 is 2.21 bits per heavy atom. The van der Waals surface area contributed by atoms with Crippen LogP contribution in [-0.4, -0.2) is 4.99 Å². The molecule has 1 rings (SSSR count). The van der Waals surface area contributed by atoms with Crippen LogP contribution in [0.4, 0.5) is 0 Å². The lowest BCUT2D eigenvalue weighted by molar-refractivity contribution is 0.399. The molecule has 0 saturated heterocycles. The lowest BCUT2D eigenvalue weighted by Crippen LogP contribution is -2.22. The quantitative estimate of drug-likeness (QED) is 0.411. The van der Waals surface area contributed by atoms with E-state index >= 15 is 0 Å². The molecule has 0 amide bonds. The maximum absolute atomic E-state index is 8.84. The Labute approximate surface area is 89.8 Å². The van der Waals surface area contributed by atoms with Crippen molar-refractivity contribution in [2.24, 2.45) is 17.4 Å². The molecule has 76 valence electrons. The molecule has 14 heavy (non-hydrogen) atoms. The van der Waals surface area contributed by atoms with Crippen LogP contribution in [0, 0.1) is 17.2 Å². The molecule has 4 heteroatoms. The van der Waals surface area contributed by atoms with Gasteiger partial charge in [0.05, 0.1) is 0 Å². The van der Waals surface area contributed by atoms with Crippen molar-refractivity contribution in [2.75, 3.05) is 0 Å². The molecule has 1 aliphatic rings. The van der Waals surface area contributed by atoms with Gasteiger partial charge in [-0.25, -0.2) is 0 Å². The smallest absolute Gasteiger partial charge is 0.116 e. The summed E-state index contributed by atoms with van der Waals surface area (Å²) in [6.07, 6.45) is 5.74. The van der Waals surface area contributed by atoms with Gasteiger partial charge in [-0.2, -0.15) is 5.26 Å². The predicted molar refractivity (Wildman–Crippen MR) is 60.2 cm³/mol. The van der Waals surface area contributed by atoms with Gasteiger partial charge in [0.2, 0.25) is 0 Å². The number of hydrogen-bond donors (Lipinski definition) is 2. The third-order valence-corrected chi connectivity index (χ3v) is 2.90. The van der Waals surface area contributed by atoms with Crippen molar-refractivity contribution in [3.8, 4) is 6.07 Å². The van der Waals surface area contributed by atoms with Gasteiger partial charge in [0, 0.05) is 5.70 Å². The average Bonchev–Trinajstić information content (AvgIpc) is 2.19. The summed E-state index contributed by atoms with van der Waals surface area (Å²) in [5.74, 6) is 0.305. The summed E-state index contributed by atoms with van der Waals surface area (Å²) in [6, 6.07) is 1.99. The first-order valence-corrected chi connectivity index (χ1v) is 5.27. The van der Waals surface area contributed by atoms with Crippen LogP contribution >= 0.6 is 12.2 Å². The zero-order valence-electron chi connectivity index (χ0n) is 8.12. The number of thiocarbonyl (C=S) groups is 1. The molecule has 0 aromatic heterocycles. The minimum absolute atomic E-state index is 0.121. The first kappa shape index (κ1) is 11.0. The van der Waals surface area contributed by atoms with Crippen LogP contribution in [0.3, 0.4) is 0 Å². The molecule has 0 aliphatic heterocycles. The summed E-state index contributed by atoms with van der Waals surface area (Å²) in [5.41, 5.74) is 12.2. The predicted octanol–water partition coefficient (Wildman–Crippen LogP) is 1.59. The van der Waals surface area contributed by atoms with Gasteiger partial charge in [0.15, 0.2) is 0 Å². The Bertz CT molecular complexity index is 295. The van der Waals surface area contributed by atoms with Crippen molar-refractivity contribution in [2.45, 2.75) is 32.1 Å². The van der Waals surface area contributed by atoms with Crippen LogP contribution in [0.1, 0.15) is 32.1 Å². The van der Waals surface area contributed by atoms with Gasteiger partial charge in [-0.05, 0) is 18.8 Å². The Balaban J connectivity index is 2.83. The number of nitriles is 1. The van der Waals surface area contributed by atoms with Gasteiger partial charge in [-0.3, -0.25) is 0 Å². The molecule has 1 aliphatic carbocycles. The van der Waals surface area contributed by atoms with E-state index in [2.05, 4.69) is 0 Å². The number of allylic oxidation sites excluding steroid dienone is 1. The van der Waals surface area contributed by atoms with Crippen molar-refractivity contribution in [1.29, 1.82) is 5.26 Å². The molecule has 1 fully saturated rings. The van der Waals surface area contributed by atoms with Gasteiger partial charge >= 0.3 is 0 Å². The largest absolute Gasteiger partial charge is 0.401 e. The molecule has 1 saturated carbocycles. The molecule has 0 bridgehead atoms. The van der Waals surface area contributed by atoms with Crippen molar-refractivity contribution in [1.82, 2.24) is 0 Å². The summed E-state index contributed by atoms with van der Waals surface area (Å²) in [4.78, 5) is 0.121. The summed E-state index contributed by atoms with van der Waals surface area (Å²) < 4.78 is 0. The van der Waals surface area contributed by atoms with Crippen molar-refractivity contribution < 1.29 is 0 Å². The van der Waals surface area contributed by atoms with Crippen LogP contribution in [0.25, 0.3) is 0 Å². The number of nitrogens with two attached hydrogens (primary N) is 2. The van der Waals surface area contributed by atoms with Gasteiger partial charge in [0.25, 0.3) is 0 Å². The Kier molecular flexibility index (Phi) is 3.90. The fourth-order valence-electron chi connectivity index (χ4n) is 1.88. The fourth-order valence-corrected chi connectivity index (χ4v) is 2.04. The zero-order valence-corrected chi connectivity index (χ0v) is 8.94.